The maximum absolute atomic E-state index is 12.5. The van der Waals surface area contributed by atoms with Gasteiger partial charge in [0.05, 0.1) is 20.1 Å². The monoisotopic (exact) mass is 341 g/mol. The fraction of sp³-hybridized carbons (Fsp3) is 0.381. The highest BCUT2D eigenvalue weighted by atomic mass is 16.5. The molecule has 2 aromatic rings. The van der Waals surface area contributed by atoms with Gasteiger partial charge in [-0.1, -0.05) is 38.1 Å². The normalized spacial score (nSPS) is 11.9. The maximum Gasteiger partial charge on any atom is 0.231 e. The molecule has 2 rings (SSSR count). The third kappa shape index (κ3) is 4.99. The average Bonchev–Trinajstić information content (AvgIpc) is 2.61. The third-order valence-corrected chi connectivity index (χ3v) is 4.17. The van der Waals surface area contributed by atoms with Crippen molar-refractivity contribution in [3.63, 3.8) is 0 Å². The van der Waals surface area contributed by atoms with Crippen molar-refractivity contribution >= 4 is 11.6 Å². The number of nitrogens with one attached hydrogen (secondary N) is 1. The Morgan fingerprint density at radius 2 is 1.60 bits per heavy atom. The molecular weight excluding hydrogens is 314 g/mol. The third-order valence-electron chi connectivity index (χ3n) is 4.17. The molecular formula is C21H27NO3. The molecule has 0 heterocycles. The van der Waals surface area contributed by atoms with Crippen LogP contribution in [0.25, 0.3) is 0 Å². The Morgan fingerprint density at radius 1 is 0.960 bits per heavy atom. The highest BCUT2D eigenvalue weighted by molar-refractivity contribution is 5.95. The number of methoxy groups -OCH3 is 2. The van der Waals surface area contributed by atoms with Crippen LogP contribution >= 0.6 is 0 Å². The van der Waals surface area contributed by atoms with E-state index in [1.807, 2.05) is 19.1 Å². The van der Waals surface area contributed by atoms with Crippen molar-refractivity contribution in [2.75, 3.05) is 19.5 Å². The van der Waals surface area contributed by atoms with Crippen molar-refractivity contribution in [3.8, 4) is 11.5 Å². The summed E-state index contributed by atoms with van der Waals surface area (Å²) in [6, 6.07) is 13.6. The Hall–Kier alpha value is -2.49. The van der Waals surface area contributed by atoms with Gasteiger partial charge in [0, 0.05) is 11.8 Å². The molecule has 0 aliphatic carbocycles. The number of amides is 1. The Kier molecular flexibility index (Phi) is 6.45. The molecule has 0 unspecified atom stereocenters. The molecule has 0 saturated heterocycles. The first-order valence-corrected chi connectivity index (χ1v) is 8.56. The number of hydrogen-bond acceptors (Lipinski definition) is 3. The van der Waals surface area contributed by atoms with E-state index < -0.39 is 0 Å². The lowest BCUT2D eigenvalue weighted by atomic mass is 9.96. The summed E-state index contributed by atoms with van der Waals surface area (Å²) in [4.78, 5) is 12.5. The lowest BCUT2D eigenvalue weighted by Gasteiger charge is -2.15. The Bertz CT molecular complexity index is 708. The number of anilines is 1. The van der Waals surface area contributed by atoms with Gasteiger partial charge in [0.25, 0.3) is 0 Å². The average molecular weight is 341 g/mol. The van der Waals surface area contributed by atoms with Gasteiger partial charge in [-0.2, -0.15) is 0 Å². The van der Waals surface area contributed by atoms with Gasteiger partial charge < -0.3 is 14.8 Å². The standard InChI is InChI=1S/C21H27NO3/c1-14(2)12-16-6-8-17(9-7-16)15(3)21(23)22-18-10-11-19(24-4)20(13-18)25-5/h6-11,13-15H,12H2,1-5H3,(H,22,23)/t15-/m0/s1. The van der Waals surface area contributed by atoms with Crippen LogP contribution in [0.3, 0.4) is 0 Å². The second kappa shape index (κ2) is 8.56. The number of carbonyl (C=O) groups is 1. The van der Waals surface area contributed by atoms with E-state index in [1.54, 1.807) is 32.4 Å². The minimum atomic E-state index is -0.235. The smallest absolute Gasteiger partial charge is 0.231 e. The summed E-state index contributed by atoms with van der Waals surface area (Å²) in [5.41, 5.74) is 2.99. The minimum Gasteiger partial charge on any atom is -0.493 e. The Labute approximate surface area is 150 Å². The van der Waals surface area contributed by atoms with Crippen LogP contribution in [0.2, 0.25) is 0 Å². The zero-order valence-electron chi connectivity index (χ0n) is 15.6. The van der Waals surface area contributed by atoms with Crippen LogP contribution in [0.15, 0.2) is 42.5 Å². The van der Waals surface area contributed by atoms with E-state index in [0.29, 0.717) is 23.1 Å². The number of ether oxygens (including phenoxy) is 2. The van der Waals surface area contributed by atoms with Gasteiger partial charge in [-0.05, 0) is 42.5 Å². The topological polar surface area (TPSA) is 47.6 Å². The first kappa shape index (κ1) is 18.8. The Balaban J connectivity index is 2.07. The van der Waals surface area contributed by atoms with Crippen molar-refractivity contribution in [1.82, 2.24) is 0 Å². The first-order chi connectivity index (χ1) is 11.9. The zero-order chi connectivity index (χ0) is 18.4. The molecule has 0 aromatic heterocycles. The predicted molar refractivity (Wildman–Crippen MR) is 102 cm³/mol. The number of hydrogen-bond donors (Lipinski definition) is 1. The van der Waals surface area contributed by atoms with Gasteiger partial charge in [-0.3, -0.25) is 4.79 Å². The fourth-order valence-electron chi connectivity index (χ4n) is 2.73. The van der Waals surface area contributed by atoms with Crippen molar-refractivity contribution in [2.24, 2.45) is 5.92 Å². The van der Waals surface area contributed by atoms with Crippen LogP contribution < -0.4 is 14.8 Å². The van der Waals surface area contributed by atoms with Crippen LogP contribution in [0, 0.1) is 5.92 Å². The summed E-state index contributed by atoms with van der Waals surface area (Å²) in [5.74, 6) is 1.56. The van der Waals surface area contributed by atoms with Crippen molar-refractivity contribution in [1.29, 1.82) is 0 Å². The largest absolute Gasteiger partial charge is 0.493 e. The number of benzene rings is 2. The minimum absolute atomic E-state index is 0.0520. The molecule has 0 bridgehead atoms. The summed E-state index contributed by atoms with van der Waals surface area (Å²) in [5, 5.41) is 2.94. The molecule has 0 aliphatic rings. The fourth-order valence-corrected chi connectivity index (χ4v) is 2.73. The Morgan fingerprint density at radius 3 is 2.16 bits per heavy atom. The molecule has 4 nitrogen and oxygen atoms in total. The molecule has 1 N–H and O–H groups in total. The quantitative estimate of drug-likeness (QED) is 0.798. The van der Waals surface area contributed by atoms with Gasteiger partial charge >= 0.3 is 0 Å². The predicted octanol–water partition coefficient (Wildman–Crippen LogP) is 4.64. The molecule has 0 aliphatic heterocycles. The summed E-state index contributed by atoms with van der Waals surface area (Å²) >= 11 is 0. The second-order valence-corrected chi connectivity index (χ2v) is 6.62. The van der Waals surface area contributed by atoms with Gasteiger partial charge in [0.15, 0.2) is 11.5 Å². The van der Waals surface area contributed by atoms with E-state index in [1.165, 1.54) is 5.56 Å². The van der Waals surface area contributed by atoms with Crippen molar-refractivity contribution in [2.45, 2.75) is 33.1 Å². The second-order valence-electron chi connectivity index (χ2n) is 6.62. The van der Waals surface area contributed by atoms with E-state index >= 15 is 0 Å². The van der Waals surface area contributed by atoms with E-state index in [9.17, 15) is 4.79 Å². The lowest BCUT2D eigenvalue weighted by Crippen LogP contribution is -2.19. The van der Waals surface area contributed by atoms with Crippen LogP contribution in [-0.4, -0.2) is 20.1 Å². The highest BCUT2D eigenvalue weighted by Crippen LogP contribution is 2.30. The molecule has 25 heavy (non-hydrogen) atoms. The van der Waals surface area contributed by atoms with E-state index in [0.717, 1.165) is 12.0 Å². The highest BCUT2D eigenvalue weighted by Gasteiger charge is 2.16. The van der Waals surface area contributed by atoms with Crippen LogP contribution in [0.4, 0.5) is 5.69 Å². The molecule has 0 fully saturated rings. The van der Waals surface area contributed by atoms with Crippen LogP contribution in [0.1, 0.15) is 37.8 Å². The van der Waals surface area contributed by atoms with Crippen LogP contribution in [0.5, 0.6) is 11.5 Å². The van der Waals surface area contributed by atoms with Gasteiger partial charge in [0.1, 0.15) is 0 Å². The molecule has 1 amide bonds. The first-order valence-electron chi connectivity index (χ1n) is 8.56. The lowest BCUT2D eigenvalue weighted by molar-refractivity contribution is -0.117. The molecule has 0 saturated carbocycles. The van der Waals surface area contributed by atoms with E-state index in [-0.39, 0.29) is 11.8 Å². The summed E-state index contributed by atoms with van der Waals surface area (Å²) < 4.78 is 10.5. The molecule has 0 spiro atoms. The zero-order valence-corrected chi connectivity index (χ0v) is 15.6. The number of rotatable bonds is 7. The molecule has 134 valence electrons. The SMILES string of the molecule is COc1ccc(NC(=O)[C@@H](C)c2ccc(CC(C)C)cc2)cc1OC. The van der Waals surface area contributed by atoms with Gasteiger partial charge in [0.2, 0.25) is 5.91 Å². The molecule has 0 radical (unpaired) electrons. The van der Waals surface area contributed by atoms with E-state index in [2.05, 4.69) is 31.3 Å². The number of carbonyl (C=O) groups excluding carboxylic acids is 1. The van der Waals surface area contributed by atoms with Crippen LogP contribution in [-0.2, 0) is 11.2 Å². The van der Waals surface area contributed by atoms with E-state index in [4.69, 9.17) is 9.47 Å². The van der Waals surface area contributed by atoms with Crippen molar-refractivity contribution in [3.05, 3.63) is 53.6 Å². The summed E-state index contributed by atoms with van der Waals surface area (Å²) in [7, 11) is 3.16. The van der Waals surface area contributed by atoms with Crippen molar-refractivity contribution < 1.29 is 14.3 Å². The molecule has 4 heteroatoms. The van der Waals surface area contributed by atoms with Gasteiger partial charge in [-0.15, -0.1) is 0 Å². The maximum atomic E-state index is 12.5. The molecule has 1 atom stereocenters. The van der Waals surface area contributed by atoms with Gasteiger partial charge in [-0.25, -0.2) is 0 Å². The molecule has 2 aromatic carbocycles. The summed E-state index contributed by atoms with van der Waals surface area (Å²) in [6.07, 6.45) is 1.05. The summed E-state index contributed by atoms with van der Waals surface area (Å²) in [6.45, 7) is 6.31.